The normalized spacial score (nSPS) is 10.4. The summed E-state index contributed by atoms with van der Waals surface area (Å²) < 4.78 is 1.42. The van der Waals surface area contributed by atoms with E-state index in [2.05, 4.69) is 15.5 Å². The second-order valence-corrected chi connectivity index (χ2v) is 4.62. The van der Waals surface area contributed by atoms with E-state index in [9.17, 15) is 9.59 Å². The number of aliphatic carboxylic acids is 1. The molecule has 19 heavy (non-hydrogen) atoms. The number of aliphatic hydroxyl groups excluding tert-OH is 1. The SMILES string of the molecule is CCCNC(=O)Cn1c(CO)nnc1SCC(=O)O. The van der Waals surface area contributed by atoms with Crippen LogP contribution in [-0.4, -0.2) is 49.2 Å². The maximum absolute atomic E-state index is 11.6. The molecule has 1 aromatic rings. The van der Waals surface area contributed by atoms with Crippen molar-refractivity contribution in [2.24, 2.45) is 0 Å². The predicted molar refractivity (Wildman–Crippen MR) is 67.6 cm³/mol. The molecule has 0 aliphatic carbocycles. The predicted octanol–water partition coefficient (Wildman–Crippen LogP) is -0.527. The van der Waals surface area contributed by atoms with E-state index in [4.69, 9.17) is 10.2 Å². The van der Waals surface area contributed by atoms with E-state index in [1.807, 2.05) is 6.92 Å². The van der Waals surface area contributed by atoms with E-state index in [0.717, 1.165) is 18.2 Å². The standard InChI is InChI=1S/C10H16N4O4S/c1-2-3-11-8(16)4-14-7(5-15)12-13-10(14)19-6-9(17)18/h15H,2-6H2,1H3,(H,11,16)(H,17,18). The molecule has 0 bridgehead atoms. The number of amides is 1. The molecule has 0 unspecified atom stereocenters. The molecule has 0 fully saturated rings. The first kappa shape index (κ1) is 15.4. The van der Waals surface area contributed by atoms with Crippen LogP contribution in [0.15, 0.2) is 5.16 Å². The van der Waals surface area contributed by atoms with Crippen LogP contribution in [0.2, 0.25) is 0 Å². The number of nitrogens with one attached hydrogen (secondary N) is 1. The molecule has 0 aliphatic rings. The highest BCUT2D eigenvalue weighted by Gasteiger charge is 2.15. The fourth-order valence-corrected chi connectivity index (χ4v) is 1.97. The van der Waals surface area contributed by atoms with Crippen LogP contribution in [0.25, 0.3) is 0 Å². The van der Waals surface area contributed by atoms with Gasteiger partial charge in [0.05, 0.1) is 5.75 Å². The molecule has 0 saturated heterocycles. The fourth-order valence-electron chi connectivity index (χ4n) is 1.29. The molecule has 0 spiro atoms. The highest BCUT2D eigenvalue weighted by Crippen LogP contribution is 2.16. The molecule has 1 amide bonds. The number of carboxylic acid groups (broad SMARTS) is 1. The molecule has 3 N–H and O–H groups in total. The second-order valence-electron chi connectivity index (χ2n) is 3.68. The zero-order valence-electron chi connectivity index (χ0n) is 10.5. The lowest BCUT2D eigenvalue weighted by molar-refractivity contribution is -0.133. The van der Waals surface area contributed by atoms with Crippen molar-refractivity contribution in [1.29, 1.82) is 0 Å². The Kier molecular flexibility index (Phi) is 6.30. The first-order chi connectivity index (χ1) is 9.08. The van der Waals surface area contributed by atoms with Crippen molar-refractivity contribution in [3.05, 3.63) is 5.82 Å². The van der Waals surface area contributed by atoms with Gasteiger partial charge in [-0.2, -0.15) is 0 Å². The molecule has 0 aromatic carbocycles. The summed E-state index contributed by atoms with van der Waals surface area (Å²) in [6.45, 7) is 2.10. The number of nitrogens with zero attached hydrogens (tertiary/aromatic N) is 3. The number of hydrogen-bond donors (Lipinski definition) is 3. The van der Waals surface area contributed by atoms with Crippen LogP contribution >= 0.6 is 11.8 Å². The Hall–Kier alpha value is -1.61. The summed E-state index contributed by atoms with van der Waals surface area (Å²) in [7, 11) is 0. The third-order valence-electron chi connectivity index (χ3n) is 2.13. The van der Waals surface area contributed by atoms with Crippen LogP contribution < -0.4 is 5.32 Å². The Morgan fingerprint density at radius 3 is 2.74 bits per heavy atom. The molecule has 1 heterocycles. The zero-order chi connectivity index (χ0) is 14.3. The van der Waals surface area contributed by atoms with Gasteiger partial charge in [0.15, 0.2) is 11.0 Å². The molecule has 9 heteroatoms. The molecular weight excluding hydrogens is 272 g/mol. The van der Waals surface area contributed by atoms with Gasteiger partial charge in [0.2, 0.25) is 5.91 Å². The van der Waals surface area contributed by atoms with Gasteiger partial charge >= 0.3 is 5.97 Å². The Labute approximate surface area is 114 Å². The fraction of sp³-hybridized carbons (Fsp3) is 0.600. The third kappa shape index (κ3) is 4.87. The topological polar surface area (TPSA) is 117 Å². The van der Waals surface area contributed by atoms with Crippen molar-refractivity contribution < 1.29 is 19.8 Å². The first-order valence-corrected chi connectivity index (χ1v) is 6.71. The van der Waals surface area contributed by atoms with Crippen molar-refractivity contribution >= 4 is 23.6 Å². The van der Waals surface area contributed by atoms with E-state index < -0.39 is 5.97 Å². The van der Waals surface area contributed by atoms with Gasteiger partial charge in [0, 0.05) is 6.54 Å². The van der Waals surface area contributed by atoms with E-state index in [0.29, 0.717) is 11.7 Å². The van der Waals surface area contributed by atoms with E-state index in [1.165, 1.54) is 4.57 Å². The molecule has 0 saturated carbocycles. The summed E-state index contributed by atoms with van der Waals surface area (Å²) in [6.07, 6.45) is 0.821. The number of carbonyl (C=O) groups excluding carboxylic acids is 1. The van der Waals surface area contributed by atoms with Crippen molar-refractivity contribution in [2.45, 2.75) is 31.7 Å². The highest BCUT2D eigenvalue weighted by molar-refractivity contribution is 7.99. The second kappa shape index (κ2) is 7.74. The van der Waals surface area contributed by atoms with Crippen LogP contribution in [0.5, 0.6) is 0 Å². The average Bonchev–Trinajstić information content (AvgIpc) is 2.76. The monoisotopic (exact) mass is 288 g/mol. The minimum absolute atomic E-state index is 0.0369. The Morgan fingerprint density at radius 2 is 2.16 bits per heavy atom. The van der Waals surface area contributed by atoms with Gasteiger partial charge in [0.25, 0.3) is 0 Å². The maximum atomic E-state index is 11.6. The number of aliphatic hydroxyl groups is 1. The lowest BCUT2D eigenvalue weighted by Gasteiger charge is -2.08. The number of carboxylic acids is 1. The molecule has 0 aliphatic heterocycles. The molecule has 8 nitrogen and oxygen atoms in total. The van der Waals surface area contributed by atoms with Crippen molar-refractivity contribution in [3.63, 3.8) is 0 Å². The van der Waals surface area contributed by atoms with Crippen LogP contribution in [0.3, 0.4) is 0 Å². The quantitative estimate of drug-likeness (QED) is 0.550. The molecule has 0 atom stereocenters. The van der Waals surface area contributed by atoms with Crippen LogP contribution in [0, 0.1) is 0 Å². The van der Waals surface area contributed by atoms with Gasteiger partial charge in [-0.25, -0.2) is 0 Å². The summed E-state index contributed by atoms with van der Waals surface area (Å²) in [5, 5.41) is 28.2. The zero-order valence-corrected chi connectivity index (χ0v) is 11.3. The van der Waals surface area contributed by atoms with Gasteiger partial charge < -0.3 is 15.5 Å². The van der Waals surface area contributed by atoms with Crippen LogP contribution in [0.1, 0.15) is 19.2 Å². The number of hydrogen-bond acceptors (Lipinski definition) is 6. The van der Waals surface area contributed by atoms with Crippen LogP contribution in [-0.2, 0) is 22.7 Å². The Balaban J connectivity index is 2.74. The largest absolute Gasteiger partial charge is 0.481 e. The van der Waals surface area contributed by atoms with E-state index in [-0.39, 0.29) is 30.6 Å². The van der Waals surface area contributed by atoms with Gasteiger partial charge in [-0.3, -0.25) is 14.2 Å². The summed E-state index contributed by atoms with van der Waals surface area (Å²) in [4.78, 5) is 22.1. The minimum atomic E-state index is -0.986. The summed E-state index contributed by atoms with van der Waals surface area (Å²) >= 11 is 0.956. The first-order valence-electron chi connectivity index (χ1n) is 5.72. The molecule has 0 radical (unpaired) electrons. The van der Waals surface area contributed by atoms with Gasteiger partial charge in [-0.15, -0.1) is 10.2 Å². The molecule has 1 aromatic heterocycles. The smallest absolute Gasteiger partial charge is 0.313 e. The minimum Gasteiger partial charge on any atom is -0.481 e. The molecule has 106 valence electrons. The lowest BCUT2D eigenvalue weighted by Crippen LogP contribution is -2.29. The van der Waals surface area contributed by atoms with Crippen molar-refractivity contribution in [3.8, 4) is 0 Å². The summed E-state index contributed by atoms with van der Waals surface area (Å²) in [5.41, 5.74) is 0. The average molecular weight is 288 g/mol. The van der Waals surface area contributed by atoms with Gasteiger partial charge in [-0.1, -0.05) is 18.7 Å². The number of carbonyl (C=O) groups is 2. The Morgan fingerprint density at radius 1 is 1.42 bits per heavy atom. The van der Waals surface area contributed by atoms with Crippen LogP contribution in [0.4, 0.5) is 0 Å². The molecule has 1 rings (SSSR count). The molecular formula is C10H16N4O4S. The van der Waals surface area contributed by atoms with Crippen molar-refractivity contribution in [1.82, 2.24) is 20.1 Å². The lowest BCUT2D eigenvalue weighted by atomic mass is 10.4. The van der Waals surface area contributed by atoms with E-state index in [1.54, 1.807) is 0 Å². The summed E-state index contributed by atoms with van der Waals surface area (Å²) in [6, 6.07) is 0. The number of aromatic nitrogens is 3. The number of thioether (sulfide) groups is 1. The van der Waals surface area contributed by atoms with E-state index >= 15 is 0 Å². The number of rotatable bonds is 8. The van der Waals surface area contributed by atoms with Gasteiger partial charge in [-0.05, 0) is 6.42 Å². The van der Waals surface area contributed by atoms with Gasteiger partial charge in [0.1, 0.15) is 13.2 Å². The highest BCUT2D eigenvalue weighted by atomic mass is 32.2. The van der Waals surface area contributed by atoms with Crippen molar-refractivity contribution in [2.75, 3.05) is 12.3 Å². The Bertz CT molecular complexity index is 449. The summed E-state index contributed by atoms with van der Waals surface area (Å²) in [5.74, 6) is -1.16. The third-order valence-corrected chi connectivity index (χ3v) is 3.09. The maximum Gasteiger partial charge on any atom is 0.313 e.